The van der Waals surface area contributed by atoms with Crippen molar-refractivity contribution in [2.75, 3.05) is 6.61 Å². The molecule has 4 N–H and O–H groups in total. The number of aliphatic carboxylic acids is 1. The van der Waals surface area contributed by atoms with Crippen LogP contribution in [0.25, 0.3) is 0 Å². The number of carboxylic acids is 1. The fourth-order valence-electron chi connectivity index (χ4n) is 11.5. The maximum Gasteiger partial charge on any atom is 0.314 e. The fourth-order valence-corrected chi connectivity index (χ4v) is 11.5. The number of rotatable bonds is 3. The van der Waals surface area contributed by atoms with Crippen LogP contribution in [-0.2, 0) is 14.3 Å². The highest BCUT2D eigenvalue weighted by molar-refractivity contribution is 5.82. The highest BCUT2D eigenvalue weighted by Gasteiger charge is 2.68. The molecule has 1 saturated heterocycles. The Labute approximate surface area is 251 Å². The van der Waals surface area contributed by atoms with E-state index in [0.717, 1.165) is 57.8 Å². The topological polar surface area (TPSA) is 116 Å². The molecule has 6 rings (SSSR count). The van der Waals surface area contributed by atoms with Crippen molar-refractivity contribution in [1.82, 2.24) is 0 Å². The van der Waals surface area contributed by atoms with E-state index in [1.165, 1.54) is 16.7 Å². The minimum atomic E-state index is -1.28. The van der Waals surface area contributed by atoms with Crippen LogP contribution in [0.3, 0.4) is 0 Å². The van der Waals surface area contributed by atoms with Gasteiger partial charge in [-0.3, -0.25) is 4.79 Å². The Morgan fingerprint density at radius 1 is 0.929 bits per heavy atom. The highest BCUT2D eigenvalue weighted by atomic mass is 16.7. The van der Waals surface area contributed by atoms with Crippen LogP contribution in [0.4, 0.5) is 0 Å². The lowest BCUT2D eigenvalue weighted by molar-refractivity contribution is -0.308. The number of ether oxygens (including phenoxy) is 2. The number of aliphatic hydroxyl groups is 3. The van der Waals surface area contributed by atoms with Crippen LogP contribution in [0.2, 0.25) is 0 Å². The van der Waals surface area contributed by atoms with Gasteiger partial charge in [0.15, 0.2) is 6.29 Å². The summed E-state index contributed by atoms with van der Waals surface area (Å²) in [5, 5.41) is 41.3. The van der Waals surface area contributed by atoms with Gasteiger partial charge in [0.1, 0.15) is 18.3 Å². The van der Waals surface area contributed by atoms with Gasteiger partial charge in [-0.15, -0.1) is 0 Å². The lowest BCUT2D eigenvalue weighted by Crippen LogP contribution is -2.65. The largest absolute Gasteiger partial charge is 0.481 e. The molecular formula is C35H54O7. The van der Waals surface area contributed by atoms with Crippen molar-refractivity contribution >= 4 is 5.97 Å². The van der Waals surface area contributed by atoms with Gasteiger partial charge >= 0.3 is 5.97 Å². The van der Waals surface area contributed by atoms with Crippen LogP contribution in [0.15, 0.2) is 22.8 Å². The molecule has 6 aliphatic rings. The maximum absolute atomic E-state index is 12.9. The van der Waals surface area contributed by atoms with Crippen LogP contribution in [0.1, 0.15) is 106 Å². The van der Waals surface area contributed by atoms with Gasteiger partial charge in [0.2, 0.25) is 0 Å². The second-order valence-corrected chi connectivity index (χ2v) is 16.4. The van der Waals surface area contributed by atoms with E-state index >= 15 is 0 Å². The standard InChI is InChI=1S/C35H54O7/c1-19-10-15-35(30(39)40)17-16-33(6)21(26(35)20(19)2)8-9-24-32(5)13-12-25(31(3,4)23(32)11-14-34(24,33)7)42-29-28(38)27(37)22(36)18-41-29/h8,19,22-25,27-29,36-38H,9-18H2,1-7H3,(H,39,40)/t19-,22+,23+,24-,25+,27-,28-,29+,32+,33-,34-,35+/m1/s1. The number of allylic oxidation sites excluding steroid dienone is 3. The average Bonchev–Trinajstić information content (AvgIpc) is 2.92. The van der Waals surface area contributed by atoms with Crippen molar-refractivity contribution in [2.24, 2.45) is 44.8 Å². The minimum Gasteiger partial charge on any atom is -0.481 e. The number of hydrogen-bond donors (Lipinski definition) is 4. The first-order valence-corrected chi connectivity index (χ1v) is 16.5. The third-order valence-electron chi connectivity index (χ3n) is 14.5. The molecule has 7 heteroatoms. The number of carbonyl (C=O) groups is 1. The summed E-state index contributed by atoms with van der Waals surface area (Å²) < 4.78 is 12.1. The molecule has 0 aromatic carbocycles. The van der Waals surface area contributed by atoms with Gasteiger partial charge in [-0.2, -0.15) is 0 Å². The molecule has 4 fully saturated rings. The Bertz CT molecular complexity index is 1190. The number of fused-ring (bicyclic) bond motifs is 7. The van der Waals surface area contributed by atoms with Crippen molar-refractivity contribution in [3.05, 3.63) is 22.8 Å². The number of aliphatic hydroxyl groups excluding tert-OH is 3. The summed E-state index contributed by atoms with van der Waals surface area (Å²) in [6.45, 7) is 16.5. The normalized spacial score (nSPS) is 51.9. The van der Waals surface area contributed by atoms with Gasteiger partial charge in [0.25, 0.3) is 0 Å². The zero-order valence-electron chi connectivity index (χ0n) is 26.8. The third-order valence-corrected chi connectivity index (χ3v) is 14.5. The Kier molecular flexibility index (Phi) is 7.23. The van der Waals surface area contributed by atoms with E-state index in [1.807, 2.05) is 0 Å². The molecule has 42 heavy (non-hydrogen) atoms. The molecule has 0 aromatic heterocycles. The first kappa shape index (κ1) is 30.8. The van der Waals surface area contributed by atoms with E-state index in [0.29, 0.717) is 17.8 Å². The molecule has 12 atom stereocenters. The van der Waals surface area contributed by atoms with Gasteiger partial charge in [-0.1, -0.05) is 53.2 Å². The molecule has 5 aliphatic carbocycles. The molecule has 0 radical (unpaired) electrons. The van der Waals surface area contributed by atoms with E-state index in [2.05, 4.69) is 54.5 Å². The summed E-state index contributed by atoms with van der Waals surface area (Å²) in [6, 6.07) is 0. The molecule has 0 aromatic rings. The van der Waals surface area contributed by atoms with Crippen LogP contribution < -0.4 is 0 Å². The SMILES string of the molecule is CC1=C2C3=CC[C@@H]4[C@@]5(C)CC[C@H](O[C@@H]6OC[C@H](O)[C@@H](O)[C@H]6O)C(C)(C)[C@@H]5CC[C@@]4(C)[C@]3(C)CC[C@@]2(C(=O)O)CC[C@H]1C. The fraction of sp³-hybridized carbons (Fsp3) is 0.857. The van der Waals surface area contributed by atoms with Crippen LogP contribution in [0.5, 0.6) is 0 Å². The summed E-state index contributed by atoms with van der Waals surface area (Å²) in [5.74, 6) is 0.671. The molecule has 0 bridgehead atoms. The lowest BCUT2D eigenvalue weighted by atomic mass is 9.34. The predicted octanol–water partition coefficient (Wildman–Crippen LogP) is 5.62. The summed E-state index contributed by atoms with van der Waals surface area (Å²) in [6.07, 6.45) is 6.07. The summed E-state index contributed by atoms with van der Waals surface area (Å²) in [5.41, 5.74) is 3.00. The van der Waals surface area contributed by atoms with E-state index in [4.69, 9.17) is 9.47 Å². The molecule has 1 aliphatic heterocycles. The van der Waals surface area contributed by atoms with Gasteiger partial charge in [-0.25, -0.2) is 0 Å². The molecule has 1 heterocycles. The predicted molar refractivity (Wildman–Crippen MR) is 159 cm³/mol. The quantitative estimate of drug-likeness (QED) is 0.317. The molecule has 0 spiro atoms. The summed E-state index contributed by atoms with van der Waals surface area (Å²) in [4.78, 5) is 12.9. The Balaban J connectivity index is 1.33. The van der Waals surface area contributed by atoms with Crippen molar-refractivity contribution < 1.29 is 34.7 Å². The molecule has 3 saturated carbocycles. The van der Waals surface area contributed by atoms with Gasteiger partial charge in [0, 0.05) is 0 Å². The number of hydrogen-bond acceptors (Lipinski definition) is 6. The summed E-state index contributed by atoms with van der Waals surface area (Å²) >= 11 is 0. The second kappa shape index (κ2) is 9.87. The highest BCUT2D eigenvalue weighted by Crippen LogP contribution is 2.75. The van der Waals surface area contributed by atoms with E-state index in [-0.39, 0.29) is 34.4 Å². The average molecular weight is 587 g/mol. The van der Waals surface area contributed by atoms with E-state index in [9.17, 15) is 25.2 Å². The first-order chi connectivity index (χ1) is 19.5. The van der Waals surface area contributed by atoms with Gasteiger partial charge in [0.05, 0.1) is 18.1 Å². The van der Waals surface area contributed by atoms with Crippen LogP contribution >= 0.6 is 0 Å². The molecule has 0 unspecified atom stereocenters. The Morgan fingerprint density at radius 2 is 1.64 bits per heavy atom. The molecular weight excluding hydrogens is 532 g/mol. The first-order valence-electron chi connectivity index (χ1n) is 16.5. The Hall–Kier alpha value is -1.25. The minimum absolute atomic E-state index is 0.0529. The van der Waals surface area contributed by atoms with Crippen LogP contribution in [-0.4, -0.2) is 63.7 Å². The zero-order valence-corrected chi connectivity index (χ0v) is 26.8. The monoisotopic (exact) mass is 586 g/mol. The zero-order chi connectivity index (χ0) is 30.6. The summed E-state index contributed by atoms with van der Waals surface area (Å²) in [7, 11) is 0. The molecule has 0 amide bonds. The van der Waals surface area contributed by atoms with Crippen molar-refractivity contribution in [3.63, 3.8) is 0 Å². The third kappa shape index (κ3) is 3.92. The van der Waals surface area contributed by atoms with Crippen molar-refractivity contribution in [3.8, 4) is 0 Å². The Morgan fingerprint density at radius 3 is 2.33 bits per heavy atom. The van der Waals surface area contributed by atoms with Crippen molar-refractivity contribution in [1.29, 1.82) is 0 Å². The van der Waals surface area contributed by atoms with Crippen molar-refractivity contribution in [2.45, 2.75) is 137 Å². The lowest BCUT2D eigenvalue weighted by Gasteiger charge is -2.70. The van der Waals surface area contributed by atoms with E-state index < -0.39 is 36.0 Å². The number of carboxylic acid groups (broad SMARTS) is 1. The van der Waals surface area contributed by atoms with Crippen LogP contribution in [0, 0.1) is 44.8 Å². The van der Waals surface area contributed by atoms with Gasteiger partial charge < -0.3 is 29.9 Å². The molecule has 7 nitrogen and oxygen atoms in total. The molecule has 236 valence electrons. The van der Waals surface area contributed by atoms with Gasteiger partial charge in [-0.05, 0) is 115 Å². The second-order valence-electron chi connectivity index (χ2n) is 16.4. The maximum atomic E-state index is 12.9. The van der Waals surface area contributed by atoms with E-state index in [1.54, 1.807) is 0 Å². The smallest absolute Gasteiger partial charge is 0.314 e.